The van der Waals surface area contributed by atoms with E-state index in [2.05, 4.69) is 10.4 Å². The van der Waals surface area contributed by atoms with Crippen LogP contribution >= 0.6 is 24.0 Å². The first-order valence-corrected chi connectivity index (χ1v) is 7.29. The normalized spacial score (nSPS) is 17.9. The van der Waals surface area contributed by atoms with Crippen molar-refractivity contribution < 1.29 is 4.79 Å². The Morgan fingerprint density at radius 1 is 1.41 bits per heavy atom. The van der Waals surface area contributed by atoms with Crippen LogP contribution in [0.5, 0.6) is 0 Å². The summed E-state index contributed by atoms with van der Waals surface area (Å²) in [6, 6.07) is 7.62. The molecule has 1 amide bonds. The summed E-state index contributed by atoms with van der Waals surface area (Å²) in [6.45, 7) is 2.15. The molecule has 1 N–H and O–H groups in total. The van der Waals surface area contributed by atoms with Gasteiger partial charge < -0.3 is 10.2 Å². The van der Waals surface area contributed by atoms with E-state index in [4.69, 9.17) is 11.6 Å². The molecule has 1 aromatic heterocycles. The summed E-state index contributed by atoms with van der Waals surface area (Å²) < 4.78 is 1.64. The first kappa shape index (κ1) is 16.8. The van der Waals surface area contributed by atoms with Gasteiger partial charge >= 0.3 is 0 Å². The van der Waals surface area contributed by atoms with Gasteiger partial charge in [-0.3, -0.25) is 9.48 Å². The van der Waals surface area contributed by atoms with Crippen LogP contribution in [-0.4, -0.2) is 40.2 Å². The van der Waals surface area contributed by atoms with Crippen molar-refractivity contribution in [1.82, 2.24) is 20.0 Å². The third-order valence-electron chi connectivity index (χ3n) is 3.72. The summed E-state index contributed by atoms with van der Waals surface area (Å²) in [5.74, 6) is -0.00507. The fourth-order valence-corrected chi connectivity index (χ4v) is 2.93. The lowest BCUT2D eigenvalue weighted by Crippen LogP contribution is -2.48. The summed E-state index contributed by atoms with van der Waals surface area (Å²) in [6.07, 6.45) is 3.35. The number of rotatable bonds is 2. The minimum Gasteiger partial charge on any atom is -0.329 e. The molecule has 1 unspecified atom stereocenters. The molecule has 0 radical (unpaired) electrons. The van der Waals surface area contributed by atoms with Crippen LogP contribution in [0.3, 0.4) is 0 Å². The van der Waals surface area contributed by atoms with Crippen molar-refractivity contribution in [3.63, 3.8) is 0 Å². The van der Waals surface area contributed by atoms with E-state index < -0.39 is 0 Å². The lowest BCUT2D eigenvalue weighted by atomic mass is 10.0. The van der Waals surface area contributed by atoms with Crippen LogP contribution in [0.4, 0.5) is 0 Å². The molecule has 1 saturated heterocycles. The molecule has 3 rings (SSSR count). The zero-order valence-corrected chi connectivity index (χ0v) is 13.8. The molecule has 5 nitrogen and oxygen atoms in total. The second-order valence-corrected chi connectivity index (χ2v) is 5.55. The van der Waals surface area contributed by atoms with Gasteiger partial charge in [-0.2, -0.15) is 5.10 Å². The van der Waals surface area contributed by atoms with E-state index in [0.29, 0.717) is 23.7 Å². The first-order valence-electron chi connectivity index (χ1n) is 6.91. The second-order valence-electron chi connectivity index (χ2n) is 5.14. The number of halogens is 2. The molecule has 0 bridgehead atoms. The number of nitrogens with one attached hydrogen (secondary N) is 1. The van der Waals surface area contributed by atoms with Crippen molar-refractivity contribution in [3.05, 3.63) is 52.8 Å². The first-order chi connectivity index (χ1) is 10.2. The van der Waals surface area contributed by atoms with E-state index in [1.165, 1.54) is 0 Å². The highest BCUT2D eigenvalue weighted by Crippen LogP contribution is 2.29. The molecule has 1 fully saturated rings. The van der Waals surface area contributed by atoms with Gasteiger partial charge in [0, 0.05) is 37.9 Å². The lowest BCUT2D eigenvalue weighted by molar-refractivity contribution is 0.0634. The summed E-state index contributed by atoms with van der Waals surface area (Å²) in [5, 5.41) is 8.09. The fraction of sp³-hybridized carbons (Fsp3) is 0.333. The predicted octanol–water partition coefficient (Wildman–Crippen LogP) is 2.28. The third-order valence-corrected chi connectivity index (χ3v) is 4.06. The van der Waals surface area contributed by atoms with Crippen LogP contribution in [0.15, 0.2) is 36.7 Å². The zero-order chi connectivity index (χ0) is 14.8. The standard InChI is InChI=1S/C15H17ClN4O.ClH/c1-19-10-11(8-18-19)15(21)20-7-6-17-9-14(20)12-4-2-3-5-13(12)16;/h2-5,8,10,14,17H,6-7,9H2,1H3;1H. The lowest BCUT2D eigenvalue weighted by Gasteiger charge is -2.36. The number of carbonyl (C=O) groups excluding carboxylic acids is 1. The fourth-order valence-electron chi connectivity index (χ4n) is 2.67. The maximum absolute atomic E-state index is 12.7. The Morgan fingerprint density at radius 3 is 2.86 bits per heavy atom. The van der Waals surface area contributed by atoms with Gasteiger partial charge in [0.05, 0.1) is 17.8 Å². The molecule has 1 aromatic carbocycles. The molecule has 2 heterocycles. The maximum Gasteiger partial charge on any atom is 0.257 e. The third kappa shape index (κ3) is 3.27. The summed E-state index contributed by atoms with van der Waals surface area (Å²) in [5.41, 5.74) is 1.58. The molecular formula is C15H18Cl2N4O. The second kappa shape index (κ2) is 7.13. The minimum atomic E-state index is -0.0554. The van der Waals surface area contributed by atoms with Crippen molar-refractivity contribution >= 4 is 29.9 Å². The van der Waals surface area contributed by atoms with Gasteiger partial charge in [0.2, 0.25) is 0 Å². The molecule has 1 aliphatic heterocycles. The minimum absolute atomic E-state index is 0. The number of aryl methyl sites for hydroxylation is 1. The van der Waals surface area contributed by atoms with E-state index in [9.17, 15) is 4.79 Å². The number of carbonyl (C=O) groups is 1. The van der Waals surface area contributed by atoms with Gasteiger partial charge in [-0.05, 0) is 11.6 Å². The summed E-state index contributed by atoms with van der Waals surface area (Å²) in [4.78, 5) is 14.6. The van der Waals surface area contributed by atoms with Crippen molar-refractivity contribution in [1.29, 1.82) is 0 Å². The average molecular weight is 341 g/mol. The Balaban J connectivity index is 0.00000176. The molecule has 0 saturated carbocycles. The van der Waals surface area contributed by atoms with Crippen molar-refractivity contribution in [2.45, 2.75) is 6.04 Å². The van der Waals surface area contributed by atoms with Crippen molar-refractivity contribution in [2.75, 3.05) is 19.6 Å². The Bertz CT molecular complexity index is 658. The SMILES string of the molecule is Cl.Cn1cc(C(=O)N2CCNCC2c2ccccc2Cl)cn1. The molecule has 118 valence electrons. The van der Waals surface area contributed by atoms with Crippen LogP contribution in [0.25, 0.3) is 0 Å². The van der Waals surface area contributed by atoms with Crippen LogP contribution < -0.4 is 5.32 Å². The number of piperazine rings is 1. The molecule has 7 heteroatoms. The summed E-state index contributed by atoms with van der Waals surface area (Å²) >= 11 is 6.30. The van der Waals surface area contributed by atoms with Gasteiger partial charge in [0.1, 0.15) is 0 Å². The molecular weight excluding hydrogens is 323 g/mol. The van der Waals surface area contributed by atoms with Gasteiger partial charge in [-0.25, -0.2) is 0 Å². The smallest absolute Gasteiger partial charge is 0.257 e. The maximum atomic E-state index is 12.7. The van der Waals surface area contributed by atoms with Crippen molar-refractivity contribution in [2.24, 2.45) is 7.05 Å². The molecule has 1 aliphatic rings. The van der Waals surface area contributed by atoms with Gasteiger partial charge in [-0.1, -0.05) is 29.8 Å². The Kier molecular flexibility index (Phi) is 5.45. The largest absolute Gasteiger partial charge is 0.329 e. The van der Waals surface area contributed by atoms with Crippen LogP contribution in [0, 0.1) is 0 Å². The Morgan fingerprint density at radius 2 is 2.18 bits per heavy atom. The van der Waals surface area contributed by atoms with E-state index in [1.54, 1.807) is 24.1 Å². The zero-order valence-electron chi connectivity index (χ0n) is 12.2. The van der Waals surface area contributed by atoms with Gasteiger partial charge in [-0.15, -0.1) is 12.4 Å². The monoisotopic (exact) mass is 340 g/mol. The Labute approximate surface area is 140 Å². The number of hydrogen-bond acceptors (Lipinski definition) is 3. The average Bonchev–Trinajstić information content (AvgIpc) is 2.94. The van der Waals surface area contributed by atoms with Gasteiger partial charge in [0.25, 0.3) is 5.91 Å². The van der Waals surface area contributed by atoms with E-state index in [0.717, 1.165) is 12.1 Å². The van der Waals surface area contributed by atoms with E-state index in [-0.39, 0.29) is 24.4 Å². The van der Waals surface area contributed by atoms with E-state index in [1.807, 2.05) is 29.2 Å². The van der Waals surface area contributed by atoms with Crippen LogP contribution in [0.2, 0.25) is 5.02 Å². The van der Waals surface area contributed by atoms with E-state index >= 15 is 0 Å². The molecule has 0 aliphatic carbocycles. The number of benzene rings is 1. The van der Waals surface area contributed by atoms with Crippen molar-refractivity contribution in [3.8, 4) is 0 Å². The number of aromatic nitrogens is 2. The Hall–Kier alpha value is -1.56. The quantitative estimate of drug-likeness (QED) is 0.912. The highest BCUT2D eigenvalue weighted by Gasteiger charge is 2.30. The van der Waals surface area contributed by atoms with Crippen LogP contribution in [-0.2, 0) is 7.05 Å². The molecule has 2 aromatic rings. The molecule has 1 atom stereocenters. The highest BCUT2D eigenvalue weighted by molar-refractivity contribution is 6.31. The predicted molar refractivity (Wildman–Crippen MR) is 88.6 cm³/mol. The number of amides is 1. The topological polar surface area (TPSA) is 50.2 Å². The van der Waals surface area contributed by atoms with Crippen LogP contribution in [0.1, 0.15) is 22.0 Å². The number of hydrogen-bond donors (Lipinski definition) is 1. The van der Waals surface area contributed by atoms with Gasteiger partial charge in [0.15, 0.2) is 0 Å². The molecule has 22 heavy (non-hydrogen) atoms. The highest BCUT2D eigenvalue weighted by atomic mass is 35.5. The number of nitrogens with zero attached hydrogens (tertiary/aromatic N) is 3. The molecule has 0 spiro atoms. The summed E-state index contributed by atoms with van der Waals surface area (Å²) in [7, 11) is 1.81.